The summed E-state index contributed by atoms with van der Waals surface area (Å²) in [4.78, 5) is 0. The minimum atomic E-state index is -1.68. The van der Waals surface area contributed by atoms with Gasteiger partial charge in [0.25, 0.3) is 0 Å². The van der Waals surface area contributed by atoms with Crippen LogP contribution in [0.3, 0.4) is 0 Å². The van der Waals surface area contributed by atoms with Gasteiger partial charge in [0.15, 0.2) is 5.41 Å². The summed E-state index contributed by atoms with van der Waals surface area (Å²) in [5.74, 6) is 0. The van der Waals surface area contributed by atoms with Gasteiger partial charge in [-0.2, -0.15) is 15.8 Å². The van der Waals surface area contributed by atoms with Crippen molar-refractivity contribution < 1.29 is 5.11 Å². The Bertz CT molecular complexity index is 528. The van der Waals surface area contributed by atoms with Crippen molar-refractivity contribution in [2.45, 2.75) is 38.3 Å². The standard InChI is InChI=1S/C13H13ClN4O/c14-10-9(6-15)13(7-16,8-17)12(11(19)18-10)4-2-1-3-5-12/h11,18-19H,1-5H2. The number of hydrogen-bond donors (Lipinski definition) is 2. The van der Waals surface area contributed by atoms with E-state index in [4.69, 9.17) is 11.6 Å². The largest absolute Gasteiger partial charge is 0.373 e. The molecule has 2 N–H and O–H groups in total. The van der Waals surface area contributed by atoms with E-state index in [2.05, 4.69) is 5.32 Å². The van der Waals surface area contributed by atoms with Crippen molar-refractivity contribution in [2.24, 2.45) is 10.8 Å². The summed E-state index contributed by atoms with van der Waals surface area (Å²) in [7, 11) is 0. The van der Waals surface area contributed by atoms with E-state index in [1.807, 2.05) is 18.2 Å². The first-order valence-corrected chi connectivity index (χ1v) is 6.53. The van der Waals surface area contributed by atoms with E-state index in [-0.39, 0.29) is 10.7 Å². The van der Waals surface area contributed by atoms with Gasteiger partial charge in [-0.3, -0.25) is 0 Å². The maximum Gasteiger partial charge on any atom is 0.191 e. The van der Waals surface area contributed by atoms with Crippen LogP contribution in [0.15, 0.2) is 10.7 Å². The first kappa shape index (κ1) is 13.7. The number of nitrogens with one attached hydrogen (secondary N) is 1. The molecule has 1 atom stereocenters. The van der Waals surface area contributed by atoms with Gasteiger partial charge in [0.05, 0.1) is 23.1 Å². The minimum Gasteiger partial charge on any atom is -0.373 e. The summed E-state index contributed by atoms with van der Waals surface area (Å²) in [5, 5.41) is 41.2. The van der Waals surface area contributed by atoms with Crippen LogP contribution in [0.1, 0.15) is 32.1 Å². The predicted octanol–water partition coefficient (Wildman–Crippen LogP) is 1.87. The molecule has 0 radical (unpaired) electrons. The zero-order valence-corrected chi connectivity index (χ0v) is 11.0. The van der Waals surface area contributed by atoms with E-state index in [1.165, 1.54) is 0 Å². The third-order valence-corrected chi connectivity index (χ3v) is 4.62. The third-order valence-electron chi connectivity index (χ3n) is 4.32. The Morgan fingerprint density at radius 3 is 2.21 bits per heavy atom. The number of rotatable bonds is 0. The first-order valence-electron chi connectivity index (χ1n) is 6.15. The summed E-state index contributed by atoms with van der Waals surface area (Å²) < 4.78 is 0. The number of allylic oxidation sites excluding steroid dienone is 1. The normalized spacial score (nSPS) is 27.8. The molecular weight excluding hydrogens is 264 g/mol. The zero-order chi connectivity index (χ0) is 14.1. The maximum absolute atomic E-state index is 10.3. The van der Waals surface area contributed by atoms with Gasteiger partial charge in [0.2, 0.25) is 0 Å². The second kappa shape index (κ2) is 4.74. The highest BCUT2D eigenvalue weighted by Crippen LogP contribution is 2.57. The number of nitrogens with zero attached hydrogens (tertiary/aromatic N) is 3. The van der Waals surface area contributed by atoms with E-state index in [0.717, 1.165) is 19.3 Å². The molecule has 1 heterocycles. The van der Waals surface area contributed by atoms with Gasteiger partial charge < -0.3 is 10.4 Å². The molecule has 0 bridgehead atoms. The second-order valence-corrected chi connectivity index (χ2v) is 5.42. The summed E-state index contributed by atoms with van der Waals surface area (Å²) >= 11 is 5.91. The Morgan fingerprint density at radius 2 is 1.74 bits per heavy atom. The maximum atomic E-state index is 10.3. The molecule has 1 saturated carbocycles. The Hall–Kier alpha value is -1.74. The number of hydrogen-bond acceptors (Lipinski definition) is 5. The molecule has 0 aromatic carbocycles. The molecule has 0 amide bonds. The van der Waals surface area contributed by atoms with Gasteiger partial charge in [-0.1, -0.05) is 30.9 Å². The topological polar surface area (TPSA) is 104 Å². The molecule has 1 unspecified atom stereocenters. The third kappa shape index (κ3) is 1.61. The number of aliphatic hydroxyl groups is 1. The van der Waals surface area contributed by atoms with Crippen LogP contribution in [0, 0.1) is 44.8 Å². The fourth-order valence-electron chi connectivity index (χ4n) is 3.27. The molecular formula is C13H13ClN4O. The highest BCUT2D eigenvalue weighted by molar-refractivity contribution is 6.30. The van der Waals surface area contributed by atoms with Crippen LogP contribution < -0.4 is 5.32 Å². The predicted molar refractivity (Wildman–Crippen MR) is 66.8 cm³/mol. The molecule has 1 aliphatic carbocycles. The monoisotopic (exact) mass is 276 g/mol. The van der Waals surface area contributed by atoms with E-state index >= 15 is 0 Å². The lowest BCUT2D eigenvalue weighted by Crippen LogP contribution is -2.59. The van der Waals surface area contributed by atoms with Gasteiger partial charge in [-0.15, -0.1) is 0 Å². The Balaban J connectivity index is 2.70. The lowest BCUT2D eigenvalue weighted by atomic mass is 9.53. The van der Waals surface area contributed by atoms with Crippen molar-refractivity contribution in [3.05, 3.63) is 10.7 Å². The smallest absolute Gasteiger partial charge is 0.191 e. The molecule has 0 aromatic rings. The van der Waals surface area contributed by atoms with Crippen LogP contribution in [-0.4, -0.2) is 11.3 Å². The molecule has 19 heavy (non-hydrogen) atoms. The molecule has 1 fully saturated rings. The fourth-order valence-corrected chi connectivity index (χ4v) is 3.56. The lowest BCUT2D eigenvalue weighted by Gasteiger charge is -2.50. The average molecular weight is 277 g/mol. The molecule has 98 valence electrons. The zero-order valence-electron chi connectivity index (χ0n) is 10.3. The van der Waals surface area contributed by atoms with Crippen LogP contribution in [0.2, 0.25) is 0 Å². The van der Waals surface area contributed by atoms with E-state index in [1.54, 1.807) is 0 Å². The molecule has 0 saturated heterocycles. The lowest BCUT2D eigenvalue weighted by molar-refractivity contribution is -0.0655. The van der Waals surface area contributed by atoms with Crippen molar-refractivity contribution >= 4 is 11.6 Å². The number of aliphatic hydroxyl groups excluding tert-OH is 1. The quantitative estimate of drug-likeness (QED) is 0.657. The number of nitriles is 3. The summed E-state index contributed by atoms with van der Waals surface area (Å²) in [5.41, 5.74) is -2.71. The van der Waals surface area contributed by atoms with Crippen LogP contribution >= 0.6 is 11.6 Å². The van der Waals surface area contributed by atoms with Crippen molar-refractivity contribution in [1.82, 2.24) is 5.32 Å². The summed E-state index contributed by atoms with van der Waals surface area (Å²) in [6.07, 6.45) is 2.60. The van der Waals surface area contributed by atoms with Crippen molar-refractivity contribution in [3.8, 4) is 18.2 Å². The molecule has 1 spiro atoms. The van der Waals surface area contributed by atoms with E-state index in [9.17, 15) is 20.9 Å². The van der Waals surface area contributed by atoms with Gasteiger partial charge in [0.1, 0.15) is 17.5 Å². The van der Waals surface area contributed by atoms with Crippen LogP contribution in [0.25, 0.3) is 0 Å². The van der Waals surface area contributed by atoms with Gasteiger partial charge >= 0.3 is 0 Å². The molecule has 5 nitrogen and oxygen atoms in total. The SMILES string of the molecule is N#CC1=C(Cl)NC(O)C2(CCCCC2)C1(C#N)C#N. The number of halogens is 1. The van der Waals surface area contributed by atoms with Crippen LogP contribution in [0.5, 0.6) is 0 Å². The second-order valence-electron chi connectivity index (χ2n) is 5.04. The van der Waals surface area contributed by atoms with Crippen molar-refractivity contribution in [3.63, 3.8) is 0 Å². The molecule has 1 aliphatic heterocycles. The minimum absolute atomic E-state index is 0.0774. The molecule has 0 aromatic heterocycles. The van der Waals surface area contributed by atoms with E-state index < -0.39 is 17.1 Å². The van der Waals surface area contributed by atoms with Gasteiger partial charge in [0, 0.05) is 0 Å². The first-order chi connectivity index (χ1) is 9.08. The fraction of sp³-hybridized carbons (Fsp3) is 0.615. The van der Waals surface area contributed by atoms with Crippen molar-refractivity contribution in [1.29, 1.82) is 15.8 Å². The Morgan fingerprint density at radius 1 is 1.16 bits per heavy atom. The van der Waals surface area contributed by atoms with Gasteiger partial charge in [-0.05, 0) is 12.8 Å². The summed E-state index contributed by atoms with van der Waals surface area (Å²) in [6.45, 7) is 0. The van der Waals surface area contributed by atoms with Crippen molar-refractivity contribution in [2.75, 3.05) is 0 Å². The van der Waals surface area contributed by atoms with Gasteiger partial charge in [-0.25, -0.2) is 0 Å². The Labute approximate surface area is 116 Å². The Kier molecular flexibility index (Phi) is 3.42. The molecule has 6 heteroatoms. The summed E-state index contributed by atoms with van der Waals surface area (Å²) in [6, 6.07) is 5.79. The highest BCUT2D eigenvalue weighted by Gasteiger charge is 2.62. The van der Waals surface area contributed by atoms with Crippen LogP contribution in [-0.2, 0) is 0 Å². The molecule has 2 aliphatic rings. The molecule has 2 rings (SSSR count). The average Bonchev–Trinajstić information content (AvgIpc) is 2.44. The van der Waals surface area contributed by atoms with Crippen LogP contribution in [0.4, 0.5) is 0 Å². The van der Waals surface area contributed by atoms with E-state index in [0.29, 0.717) is 12.8 Å². The highest BCUT2D eigenvalue weighted by atomic mass is 35.5.